The molecule has 0 aliphatic heterocycles. The molecular weight excluding hydrogens is 339 g/mol. The Bertz CT molecular complexity index is 763. The van der Waals surface area contributed by atoms with Crippen LogP contribution in [-0.2, 0) is 14.9 Å². The average Bonchev–Trinajstić information content (AvgIpc) is 2.48. The van der Waals surface area contributed by atoms with E-state index in [1.165, 1.54) is 6.07 Å². The molecule has 132 valence electrons. The van der Waals surface area contributed by atoms with Crippen LogP contribution in [0, 0.1) is 17.7 Å². The highest BCUT2D eigenvalue weighted by Crippen LogP contribution is 2.25. The van der Waals surface area contributed by atoms with Crippen LogP contribution in [0.15, 0.2) is 18.2 Å². The fraction of sp³-hybridized carbons (Fsp3) is 0.438. The largest absolute Gasteiger partial charge is 0.472 e. The molecule has 24 heavy (non-hydrogen) atoms. The van der Waals surface area contributed by atoms with E-state index in [0.29, 0.717) is 6.42 Å². The first-order valence-electron chi connectivity index (χ1n) is 7.15. The lowest BCUT2D eigenvalue weighted by Crippen LogP contribution is -2.30. The van der Waals surface area contributed by atoms with Crippen molar-refractivity contribution in [1.82, 2.24) is 0 Å². The summed E-state index contributed by atoms with van der Waals surface area (Å²) >= 11 is 0. The first-order chi connectivity index (χ1) is 11.1. The number of benzene rings is 1. The molecule has 0 aliphatic carbocycles. The third kappa shape index (κ3) is 6.18. The molecule has 1 atom stereocenters. The maximum Gasteiger partial charge on any atom is 0.338 e. The molecule has 0 radical (unpaired) electrons. The first-order valence-corrected chi connectivity index (χ1v) is 8.76. The van der Waals surface area contributed by atoms with E-state index in [1.807, 2.05) is 6.92 Å². The summed E-state index contributed by atoms with van der Waals surface area (Å²) in [6.45, 7) is 4.64. The summed E-state index contributed by atoms with van der Waals surface area (Å²) in [6.07, 6.45) is 0.496. The van der Waals surface area contributed by atoms with E-state index in [2.05, 4.69) is 11.8 Å². The highest BCUT2D eigenvalue weighted by molar-refractivity contribution is 7.85. The van der Waals surface area contributed by atoms with Crippen molar-refractivity contribution in [2.24, 2.45) is 0 Å². The summed E-state index contributed by atoms with van der Waals surface area (Å²) in [6, 6.07) is 3.40. The summed E-state index contributed by atoms with van der Waals surface area (Å²) in [5, 5.41) is 0. The number of hydrogen-bond donors (Lipinski definition) is 1. The number of carbonyl (C=O) groups excluding carboxylic acids is 1. The highest BCUT2D eigenvalue weighted by atomic mass is 32.2. The van der Waals surface area contributed by atoms with Gasteiger partial charge in [-0.1, -0.05) is 12.8 Å². The number of ether oxygens (including phenoxy) is 2. The number of hydrogen-bond acceptors (Lipinski definition) is 5. The Labute approximate surface area is 140 Å². The van der Waals surface area contributed by atoms with Gasteiger partial charge in [-0.15, -0.1) is 5.92 Å². The van der Waals surface area contributed by atoms with Gasteiger partial charge in [-0.25, -0.2) is 9.18 Å². The van der Waals surface area contributed by atoms with Crippen LogP contribution in [0.3, 0.4) is 0 Å². The third-order valence-corrected chi connectivity index (χ3v) is 3.82. The Morgan fingerprint density at radius 2 is 2.08 bits per heavy atom. The van der Waals surface area contributed by atoms with E-state index < -0.39 is 39.9 Å². The molecule has 0 fully saturated rings. The summed E-state index contributed by atoms with van der Waals surface area (Å²) in [7, 11) is -4.23. The number of rotatable bonds is 7. The topological polar surface area (TPSA) is 89.9 Å². The Hall–Kier alpha value is -2.11. The van der Waals surface area contributed by atoms with Crippen LogP contribution in [0.1, 0.15) is 37.6 Å². The standard InChI is InChI=1S/C16H19FO6S/c1-4-8-16(3,5-2)23-14-11-12(6-7-13(14)17)15(18)22-9-10-24(19,20)21/h6-7,11H,5,9-10H2,1-3H3,(H,19,20,21). The third-order valence-electron chi connectivity index (χ3n) is 3.14. The lowest BCUT2D eigenvalue weighted by molar-refractivity contribution is 0.0526. The van der Waals surface area contributed by atoms with Gasteiger partial charge < -0.3 is 9.47 Å². The second kappa shape index (κ2) is 8.13. The van der Waals surface area contributed by atoms with Gasteiger partial charge in [0.05, 0.1) is 5.56 Å². The average molecular weight is 358 g/mol. The Kier molecular flexibility index (Phi) is 6.75. The molecule has 1 rings (SSSR count). The molecule has 1 N–H and O–H groups in total. The van der Waals surface area contributed by atoms with Crippen LogP contribution in [0.4, 0.5) is 4.39 Å². The minimum absolute atomic E-state index is 0.00958. The lowest BCUT2D eigenvalue weighted by atomic mass is 10.0. The first kappa shape index (κ1) is 19.9. The fourth-order valence-electron chi connectivity index (χ4n) is 1.72. The second-order valence-electron chi connectivity index (χ2n) is 5.13. The normalized spacial score (nSPS) is 13.4. The predicted octanol–water partition coefficient (Wildman–Crippen LogP) is 2.44. The maximum atomic E-state index is 13.9. The van der Waals surface area contributed by atoms with Gasteiger partial charge in [0, 0.05) is 0 Å². The quantitative estimate of drug-likeness (QED) is 0.457. The van der Waals surface area contributed by atoms with Crippen molar-refractivity contribution in [2.45, 2.75) is 32.8 Å². The van der Waals surface area contributed by atoms with Crippen molar-refractivity contribution in [2.75, 3.05) is 12.4 Å². The van der Waals surface area contributed by atoms with Gasteiger partial charge in [0.1, 0.15) is 12.4 Å². The van der Waals surface area contributed by atoms with Crippen molar-refractivity contribution in [3.05, 3.63) is 29.6 Å². The predicted molar refractivity (Wildman–Crippen MR) is 85.9 cm³/mol. The molecular formula is C16H19FO6S. The molecule has 0 aromatic heterocycles. The van der Waals surface area contributed by atoms with E-state index in [9.17, 15) is 17.6 Å². The van der Waals surface area contributed by atoms with E-state index in [-0.39, 0.29) is 11.3 Å². The molecule has 8 heteroatoms. The second-order valence-corrected chi connectivity index (χ2v) is 6.70. The van der Waals surface area contributed by atoms with E-state index in [1.54, 1.807) is 13.8 Å². The van der Waals surface area contributed by atoms with E-state index in [4.69, 9.17) is 14.0 Å². The zero-order chi connectivity index (χ0) is 18.4. The van der Waals surface area contributed by atoms with E-state index >= 15 is 0 Å². The summed E-state index contributed by atoms with van der Waals surface area (Å²) in [5.74, 6) is 3.14. The van der Waals surface area contributed by atoms with Gasteiger partial charge >= 0.3 is 5.97 Å². The van der Waals surface area contributed by atoms with Gasteiger partial charge in [0.25, 0.3) is 10.1 Å². The Morgan fingerprint density at radius 3 is 2.62 bits per heavy atom. The number of carbonyl (C=O) groups is 1. The van der Waals surface area contributed by atoms with Crippen LogP contribution in [-0.4, -0.2) is 36.9 Å². The van der Waals surface area contributed by atoms with Crippen LogP contribution < -0.4 is 4.74 Å². The van der Waals surface area contributed by atoms with Gasteiger partial charge in [0.15, 0.2) is 17.2 Å². The SMILES string of the molecule is CC#CC(C)(CC)Oc1cc(C(=O)OCCS(=O)(=O)O)ccc1F. The van der Waals surface area contributed by atoms with Crippen LogP contribution >= 0.6 is 0 Å². The van der Waals surface area contributed by atoms with Crippen molar-refractivity contribution < 1.29 is 31.6 Å². The zero-order valence-electron chi connectivity index (χ0n) is 13.6. The molecule has 0 aliphatic rings. The summed E-state index contributed by atoms with van der Waals surface area (Å²) in [5.41, 5.74) is -0.923. The molecule has 0 heterocycles. The lowest BCUT2D eigenvalue weighted by Gasteiger charge is -2.24. The molecule has 0 bridgehead atoms. The van der Waals surface area contributed by atoms with Gasteiger partial charge in [-0.2, -0.15) is 8.42 Å². The highest BCUT2D eigenvalue weighted by Gasteiger charge is 2.23. The molecule has 0 spiro atoms. The van der Waals surface area contributed by atoms with Gasteiger partial charge in [0.2, 0.25) is 0 Å². The van der Waals surface area contributed by atoms with Crippen LogP contribution in [0.5, 0.6) is 5.75 Å². The van der Waals surface area contributed by atoms with Crippen molar-refractivity contribution in [3.8, 4) is 17.6 Å². The van der Waals surface area contributed by atoms with Gasteiger partial charge in [-0.05, 0) is 38.5 Å². The molecule has 6 nitrogen and oxygen atoms in total. The monoisotopic (exact) mass is 358 g/mol. The minimum Gasteiger partial charge on any atom is -0.472 e. The Balaban J connectivity index is 2.92. The van der Waals surface area contributed by atoms with Crippen LogP contribution in [0.25, 0.3) is 0 Å². The van der Waals surface area contributed by atoms with Crippen molar-refractivity contribution >= 4 is 16.1 Å². The smallest absolute Gasteiger partial charge is 0.338 e. The molecule has 1 aromatic carbocycles. The maximum absolute atomic E-state index is 13.9. The van der Waals surface area contributed by atoms with Crippen molar-refractivity contribution in [3.63, 3.8) is 0 Å². The molecule has 0 saturated carbocycles. The van der Waals surface area contributed by atoms with E-state index in [0.717, 1.165) is 12.1 Å². The number of halogens is 1. The molecule has 1 unspecified atom stereocenters. The van der Waals surface area contributed by atoms with Gasteiger partial charge in [-0.3, -0.25) is 4.55 Å². The zero-order valence-corrected chi connectivity index (χ0v) is 14.4. The fourth-order valence-corrected chi connectivity index (χ4v) is 2.02. The Morgan fingerprint density at radius 1 is 1.42 bits per heavy atom. The summed E-state index contributed by atoms with van der Waals surface area (Å²) in [4.78, 5) is 11.9. The molecule has 0 saturated heterocycles. The number of esters is 1. The summed E-state index contributed by atoms with van der Waals surface area (Å²) < 4.78 is 54.0. The minimum atomic E-state index is -4.23. The molecule has 1 aromatic rings. The molecule has 0 amide bonds. The van der Waals surface area contributed by atoms with Crippen LogP contribution in [0.2, 0.25) is 0 Å². The van der Waals surface area contributed by atoms with Crippen molar-refractivity contribution in [1.29, 1.82) is 0 Å².